The second kappa shape index (κ2) is 16.8. The van der Waals surface area contributed by atoms with Crippen LogP contribution in [0, 0.1) is 13.8 Å². The van der Waals surface area contributed by atoms with Crippen LogP contribution in [0.15, 0.2) is 34.3 Å². The van der Waals surface area contributed by atoms with E-state index < -0.39 is 0 Å². The second-order valence-electron chi connectivity index (χ2n) is 10.7. The fraction of sp³-hybridized carbons (Fsp3) is 0.500. The van der Waals surface area contributed by atoms with Crippen molar-refractivity contribution >= 4 is 78.1 Å². The zero-order valence-corrected chi connectivity index (χ0v) is 28.9. The maximum Gasteiger partial charge on any atom is 0.248 e. The molecule has 0 atom stereocenters. The van der Waals surface area contributed by atoms with Gasteiger partial charge in [-0.15, -0.1) is 0 Å². The highest BCUT2D eigenvalue weighted by Gasteiger charge is 2.14. The lowest BCUT2D eigenvalue weighted by Gasteiger charge is -2.07. The number of aromatic nitrogens is 2. The number of aryl methyl sites for hydroxylation is 2. The third-order valence-electron chi connectivity index (χ3n) is 7.57. The van der Waals surface area contributed by atoms with Crippen molar-refractivity contribution in [2.24, 2.45) is 9.98 Å². The normalized spacial score (nSPS) is 12.7. The molecule has 0 saturated carbocycles. The van der Waals surface area contributed by atoms with Crippen LogP contribution in [0.2, 0.25) is 10.0 Å². The Morgan fingerprint density at radius 1 is 0.682 bits per heavy atom. The van der Waals surface area contributed by atoms with Gasteiger partial charge in [0.2, 0.25) is 11.8 Å². The molecule has 0 N–H and O–H groups in total. The van der Waals surface area contributed by atoms with E-state index in [1.807, 2.05) is 47.2 Å². The summed E-state index contributed by atoms with van der Waals surface area (Å²) in [5.41, 5.74) is 3.97. The van der Waals surface area contributed by atoms with E-state index in [1.165, 1.54) is 22.7 Å². The number of unbranched alkanes of at least 4 members (excludes halogenated alkanes) is 5. The Hall–Kier alpha value is -2.34. The van der Waals surface area contributed by atoms with Crippen LogP contribution in [0.3, 0.4) is 0 Å². The number of carbonyl (C=O) groups excluding carboxylic acids is 2. The number of nitrogens with zero attached hydrogens (tertiary/aromatic N) is 4. The summed E-state index contributed by atoms with van der Waals surface area (Å²) in [5, 5.41) is 1.39. The van der Waals surface area contributed by atoms with Gasteiger partial charge in [0.05, 0.1) is 33.6 Å². The molecule has 8 nitrogen and oxygen atoms in total. The van der Waals surface area contributed by atoms with Crippen molar-refractivity contribution in [2.45, 2.75) is 78.3 Å². The van der Waals surface area contributed by atoms with Crippen LogP contribution in [-0.4, -0.2) is 48.4 Å². The summed E-state index contributed by atoms with van der Waals surface area (Å²) in [6.45, 7) is 6.22. The zero-order chi connectivity index (χ0) is 31.6. The first-order valence-corrected chi connectivity index (χ1v) is 17.3. The third-order valence-corrected chi connectivity index (χ3v) is 10.5. The minimum Gasteiger partial charge on any atom is -0.383 e. The molecule has 0 fully saturated rings. The van der Waals surface area contributed by atoms with E-state index in [2.05, 4.69) is 9.98 Å². The van der Waals surface area contributed by atoms with Gasteiger partial charge in [-0.25, -0.2) is 0 Å². The minimum absolute atomic E-state index is 0.111. The highest BCUT2D eigenvalue weighted by molar-refractivity contribution is 7.16. The number of amides is 2. The number of benzene rings is 2. The summed E-state index contributed by atoms with van der Waals surface area (Å²) < 4.78 is 16.7. The number of fused-ring (bicyclic) bond motifs is 2. The summed E-state index contributed by atoms with van der Waals surface area (Å²) >= 11 is 15.7. The van der Waals surface area contributed by atoms with Crippen molar-refractivity contribution < 1.29 is 19.1 Å². The zero-order valence-electron chi connectivity index (χ0n) is 25.8. The summed E-state index contributed by atoms with van der Waals surface area (Å²) in [6, 6.07) is 7.72. The molecule has 0 aliphatic heterocycles. The van der Waals surface area contributed by atoms with Gasteiger partial charge in [-0.1, -0.05) is 71.6 Å². The Bertz CT molecular complexity index is 1620. The van der Waals surface area contributed by atoms with Crippen molar-refractivity contribution in [1.29, 1.82) is 0 Å². The molecular formula is C32H40Cl2N4O4S2. The average Bonchev–Trinajstić information content (AvgIpc) is 3.53. The van der Waals surface area contributed by atoms with Gasteiger partial charge in [0.1, 0.15) is 0 Å². The predicted octanol–water partition coefficient (Wildman–Crippen LogP) is 7.61. The summed E-state index contributed by atoms with van der Waals surface area (Å²) in [5.74, 6) is -0.222. The molecule has 0 aliphatic rings. The standard InChI is InChI=1S/C32H40Cl2N4O4S2/c1-21-23(33)13-15-25-29(21)37(17-19-41-3)31(43-25)35-27(39)11-9-7-5-6-8-10-12-28(40)36-32-38(18-20-42-4)30-22(2)24(34)14-16-26(30)44-32/h13-16H,5-12,17-20H2,1-4H3. The van der Waals surface area contributed by atoms with E-state index in [4.69, 9.17) is 32.7 Å². The monoisotopic (exact) mass is 678 g/mol. The number of methoxy groups -OCH3 is 2. The average molecular weight is 680 g/mol. The summed E-state index contributed by atoms with van der Waals surface area (Å²) in [6.07, 6.45) is 6.35. The molecule has 4 rings (SSSR count). The van der Waals surface area contributed by atoms with Crippen molar-refractivity contribution in [3.05, 3.63) is 55.0 Å². The van der Waals surface area contributed by atoms with Crippen LogP contribution in [0.1, 0.15) is 62.5 Å². The predicted molar refractivity (Wildman–Crippen MR) is 181 cm³/mol. The molecule has 238 valence electrons. The van der Waals surface area contributed by atoms with Gasteiger partial charge in [-0.05, 0) is 62.1 Å². The number of halogens is 2. The van der Waals surface area contributed by atoms with Crippen LogP contribution >= 0.6 is 45.9 Å². The van der Waals surface area contributed by atoms with E-state index in [1.54, 1.807) is 14.2 Å². The molecule has 2 aromatic carbocycles. The first-order chi connectivity index (χ1) is 21.2. The number of rotatable bonds is 15. The van der Waals surface area contributed by atoms with Gasteiger partial charge >= 0.3 is 0 Å². The van der Waals surface area contributed by atoms with Gasteiger partial charge in [-0.2, -0.15) is 9.98 Å². The molecule has 2 heterocycles. The summed E-state index contributed by atoms with van der Waals surface area (Å²) in [4.78, 5) is 35.7. The molecule has 0 radical (unpaired) electrons. The lowest BCUT2D eigenvalue weighted by molar-refractivity contribution is -0.119. The number of hydrogen-bond acceptors (Lipinski definition) is 6. The maximum atomic E-state index is 12.7. The molecule has 0 bridgehead atoms. The van der Waals surface area contributed by atoms with E-state index in [0.29, 0.717) is 58.8 Å². The number of hydrogen-bond donors (Lipinski definition) is 0. The largest absolute Gasteiger partial charge is 0.383 e. The highest BCUT2D eigenvalue weighted by atomic mass is 35.5. The summed E-state index contributed by atoms with van der Waals surface area (Å²) in [7, 11) is 3.32. The van der Waals surface area contributed by atoms with Crippen LogP contribution in [-0.2, 0) is 32.2 Å². The quantitative estimate of drug-likeness (QED) is 0.121. The topological polar surface area (TPSA) is 87.2 Å². The van der Waals surface area contributed by atoms with Crippen LogP contribution in [0.5, 0.6) is 0 Å². The van der Waals surface area contributed by atoms with E-state index in [-0.39, 0.29) is 11.8 Å². The SMILES string of the molecule is COCCn1c(=NC(=O)CCCCCCCCC(=O)N=c2sc3ccc(Cl)c(C)c3n2CCOC)sc2ccc(Cl)c(C)c21. The minimum atomic E-state index is -0.111. The van der Waals surface area contributed by atoms with Gasteiger partial charge in [0, 0.05) is 50.2 Å². The molecule has 4 aromatic rings. The molecule has 2 aromatic heterocycles. The highest BCUT2D eigenvalue weighted by Crippen LogP contribution is 2.28. The van der Waals surface area contributed by atoms with E-state index in [9.17, 15) is 9.59 Å². The lowest BCUT2D eigenvalue weighted by atomic mass is 10.1. The molecule has 0 unspecified atom stereocenters. The third kappa shape index (κ3) is 8.68. The van der Waals surface area contributed by atoms with E-state index in [0.717, 1.165) is 70.1 Å². The molecule has 0 saturated heterocycles. The molecule has 0 spiro atoms. The first kappa shape index (κ1) is 34.5. The number of thiazole rings is 2. The second-order valence-corrected chi connectivity index (χ2v) is 13.6. The molecule has 44 heavy (non-hydrogen) atoms. The van der Waals surface area contributed by atoms with Crippen molar-refractivity contribution in [1.82, 2.24) is 9.13 Å². The first-order valence-electron chi connectivity index (χ1n) is 14.9. The Labute approximate surface area is 276 Å². The smallest absolute Gasteiger partial charge is 0.248 e. The van der Waals surface area contributed by atoms with Crippen LogP contribution < -0.4 is 9.60 Å². The fourth-order valence-corrected chi connectivity index (χ4v) is 7.74. The number of ether oxygens (including phenoxy) is 2. The molecule has 0 aliphatic carbocycles. The Morgan fingerprint density at radius 3 is 1.45 bits per heavy atom. The molecule has 12 heteroatoms. The Morgan fingerprint density at radius 2 is 1.07 bits per heavy atom. The number of carbonyl (C=O) groups is 2. The van der Waals surface area contributed by atoms with E-state index >= 15 is 0 Å². The molecular weight excluding hydrogens is 639 g/mol. The van der Waals surface area contributed by atoms with Gasteiger partial charge in [-0.3, -0.25) is 9.59 Å². The molecule has 2 amide bonds. The Balaban J connectivity index is 1.24. The Kier molecular flexibility index (Phi) is 13.2. The van der Waals surface area contributed by atoms with Crippen LogP contribution in [0.4, 0.5) is 0 Å². The fourth-order valence-electron chi connectivity index (χ4n) is 5.17. The maximum absolute atomic E-state index is 12.7. The van der Waals surface area contributed by atoms with Crippen molar-refractivity contribution in [2.75, 3.05) is 27.4 Å². The lowest BCUT2D eigenvalue weighted by Crippen LogP contribution is -2.19. The van der Waals surface area contributed by atoms with Gasteiger partial charge in [0.25, 0.3) is 0 Å². The van der Waals surface area contributed by atoms with Crippen molar-refractivity contribution in [3.8, 4) is 0 Å². The van der Waals surface area contributed by atoms with Gasteiger partial charge < -0.3 is 18.6 Å². The van der Waals surface area contributed by atoms with Crippen molar-refractivity contribution in [3.63, 3.8) is 0 Å². The van der Waals surface area contributed by atoms with Crippen LogP contribution in [0.25, 0.3) is 20.4 Å². The van der Waals surface area contributed by atoms with Gasteiger partial charge in [0.15, 0.2) is 9.60 Å².